The summed E-state index contributed by atoms with van der Waals surface area (Å²) in [5.41, 5.74) is 1.10. The Balaban J connectivity index is 3.10. The summed E-state index contributed by atoms with van der Waals surface area (Å²) in [7, 11) is -1.58. The molecule has 1 aromatic heterocycles. The number of carbonyl (C=O) groups is 1. The zero-order chi connectivity index (χ0) is 9.14. The lowest BCUT2D eigenvalue weighted by molar-refractivity contribution is 0.112. The largest absolute Gasteiger partial charge is 0.508 e. The van der Waals surface area contributed by atoms with Crippen molar-refractivity contribution >= 4 is 19.0 Å². The number of hydrogen-bond donors (Lipinski definition) is 2. The van der Waals surface area contributed by atoms with E-state index >= 15 is 0 Å². The second kappa shape index (κ2) is 3.47. The van der Waals surface area contributed by atoms with Crippen molar-refractivity contribution in [2.75, 3.05) is 0 Å². The van der Waals surface area contributed by atoms with Gasteiger partial charge in [-0.05, 0) is 19.1 Å². The number of pyridine rings is 1. The summed E-state index contributed by atoms with van der Waals surface area (Å²) >= 11 is 0. The van der Waals surface area contributed by atoms with E-state index in [9.17, 15) is 4.79 Å². The maximum atomic E-state index is 10.3. The molecule has 0 atom stereocenters. The number of carbonyl (C=O) groups excluding carboxylic acids is 1. The van der Waals surface area contributed by atoms with Crippen molar-refractivity contribution in [2.45, 2.75) is 6.92 Å². The summed E-state index contributed by atoms with van der Waals surface area (Å²) in [5, 5.41) is 17.4. The Bertz CT molecular complexity index is 301. The van der Waals surface area contributed by atoms with E-state index in [1.54, 1.807) is 6.92 Å². The van der Waals surface area contributed by atoms with Crippen molar-refractivity contribution in [1.29, 1.82) is 0 Å². The van der Waals surface area contributed by atoms with Crippen LogP contribution >= 0.6 is 0 Å². The van der Waals surface area contributed by atoms with Crippen molar-refractivity contribution in [3.05, 3.63) is 23.4 Å². The molecule has 62 valence electrons. The number of nitrogens with zero attached hydrogens (tertiary/aromatic N) is 1. The molecule has 0 spiro atoms. The lowest BCUT2D eigenvalue weighted by Gasteiger charge is -2.01. The topological polar surface area (TPSA) is 70.4 Å². The third-order valence-electron chi connectivity index (χ3n) is 1.54. The van der Waals surface area contributed by atoms with Gasteiger partial charge in [0.15, 0.2) is 6.29 Å². The zero-order valence-corrected chi connectivity index (χ0v) is 6.56. The lowest BCUT2D eigenvalue weighted by atomic mass is 9.85. The molecule has 0 unspecified atom stereocenters. The number of hydrogen-bond acceptors (Lipinski definition) is 4. The first-order chi connectivity index (χ1) is 5.65. The minimum Gasteiger partial charge on any atom is -0.422 e. The average Bonchev–Trinajstić information content (AvgIpc) is 2.04. The van der Waals surface area contributed by atoms with E-state index in [-0.39, 0.29) is 5.59 Å². The van der Waals surface area contributed by atoms with E-state index in [1.807, 2.05) is 0 Å². The van der Waals surface area contributed by atoms with Crippen molar-refractivity contribution in [3.8, 4) is 0 Å². The van der Waals surface area contributed by atoms with E-state index in [2.05, 4.69) is 4.98 Å². The molecule has 12 heavy (non-hydrogen) atoms. The van der Waals surface area contributed by atoms with Gasteiger partial charge in [-0.25, -0.2) is 0 Å². The van der Waals surface area contributed by atoms with E-state index in [0.29, 0.717) is 17.5 Å². The second-order valence-electron chi connectivity index (χ2n) is 2.40. The highest BCUT2D eigenvalue weighted by Gasteiger charge is 2.13. The fraction of sp³-hybridized carbons (Fsp3) is 0.143. The van der Waals surface area contributed by atoms with Crippen molar-refractivity contribution in [2.24, 2.45) is 0 Å². The maximum Gasteiger partial charge on any atom is 0.508 e. The molecule has 0 bridgehead atoms. The molecule has 0 aliphatic rings. The van der Waals surface area contributed by atoms with Crippen LogP contribution in [0, 0.1) is 6.92 Å². The molecule has 2 N–H and O–H groups in total. The van der Waals surface area contributed by atoms with Crippen LogP contribution in [0.15, 0.2) is 12.1 Å². The number of aryl methyl sites for hydroxylation is 1. The number of rotatable bonds is 2. The number of aromatic nitrogens is 1. The molecule has 0 saturated heterocycles. The summed E-state index contributed by atoms with van der Waals surface area (Å²) in [6, 6.07) is 2.91. The molecular weight excluding hydrogens is 157 g/mol. The van der Waals surface area contributed by atoms with Crippen LogP contribution in [0.4, 0.5) is 0 Å². The molecule has 0 aromatic carbocycles. The van der Waals surface area contributed by atoms with Gasteiger partial charge in [-0.1, -0.05) is 0 Å². The maximum absolute atomic E-state index is 10.3. The standard InChI is InChI=1S/C7H8BNO3/c1-5-6(4-10)2-3-7(9-5)8(11)12/h2-4,11-12H,1H3. The smallest absolute Gasteiger partial charge is 0.422 e. The third kappa shape index (κ3) is 1.69. The number of aldehydes is 1. The molecule has 4 nitrogen and oxygen atoms in total. The molecular formula is C7H8BNO3. The molecule has 0 aliphatic carbocycles. The van der Waals surface area contributed by atoms with E-state index < -0.39 is 7.12 Å². The summed E-state index contributed by atoms with van der Waals surface area (Å²) in [6.45, 7) is 1.63. The van der Waals surface area contributed by atoms with Crippen LogP contribution in [0.1, 0.15) is 16.1 Å². The van der Waals surface area contributed by atoms with Gasteiger partial charge in [0.25, 0.3) is 0 Å². The van der Waals surface area contributed by atoms with E-state index in [4.69, 9.17) is 10.0 Å². The highest BCUT2D eigenvalue weighted by atomic mass is 16.4. The Labute approximate surface area is 70.0 Å². The lowest BCUT2D eigenvalue weighted by Crippen LogP contribution is -2.33. The molecule has 1 aromatic rings. The first-order valence-electron chi connectivity index (χ1n) is 3.44. The van der Waals surface area contributed by atoms with Gasteiger partial charge in [0, 0.05) is 11.3 Å². The fourth-order valence-corrected chi connectivity index (χ4v) is 0.860. The van der Waals surface area contributed by atoms with Gasteiger partial charge in [-0.3, -0.25) is 9.78 Å². The van der Waals surface area contributed by atoms with Gasteiger partial charge in [-0.15, -0.1) is 0 Å². The molecule has 0 amide bonds. The molecule has 1 rings (SSSR count). The summed E-state index contributed by atoms with van der Waals surface area (Å²) < 4.78 is 0. The van der Waals surface area contributed by atoms with Crippen LogP contribution in [0.3, 0.4) is 0 Å². The molecule has 1 heterocycles. The highest BCUT2D eigenvalue weighted by molar-refractivity contribution is 6.57. The Morgan fingerprint density at radius 1 is 1.50 bits per heavy atom. The van der Waals surface area contributed by atoms with E-state index in [0.717, 1.165) is 0 Å². The van der Waals surface area contributed by atoms with Crippen LogP contribution in [0.25, 0.3) is 0 Å². The van der Waals surface area contributed by atoms with Crippen LogP contribution in [-0.2, 0) is 0 Å². The Hall–Kier alpha value is -1.20. The van der Waals surface area contributed by atoms with E-state index in [1.165, 1.54) is 12.1 Å². The fourth-order valence-electron chi connectivity index (χ4n) is 0.860. The van der Waals surface area contributed by atoms with Gasteiger partial charge in [0.1, 0.15) is 0 Å². The summed E-state index contributed by atoms with van der Waals surface area (Å²) in [6.07, 6.45) is 0.676. The van der Waals surface area contributed by atoms with Crippen LogP contribution in [0.5, 0.6) is 0 Å². The molecule has 0 radical (unpaired) electrons. The molecule has 5 heteroatoms. The SMILES string of the molecule is Cc1nc(B(O)O)ccc1C=O. The van der Waals surface area contributed by atoms with Crippen molar-refractivity contribution < 1.29 is 14.8 Å². The second-order valence-corrected chi connectivity index (χ2v) is 2.40. The molecule has 0 aliphatic heterocycles. The average molecular weight is 165 g/mol. The normalized spacial score (nSPS) is 9.58. The minimum absolute atomic E-state index is 0.151. The van der Waals surface area contributed by atoms with Crippen molar-refractivity contribution in [3.63, 3.8) is 0 Å². The van der Waals surface area contributed by atoms with Gasteiger partial charge in [-0.2, -0.15) is 0 Å². The van der Waals surface area contributed by atoms with Gasteiger partial charge in [0.05, 0.1) is 5.59 Å². The Morgan fingerprint density at radius 2 is 2.17 bits per heavy atom. The third-order valence-corrected chi connectivity index (χ3v) is 1.54. The van der Waals surface area contributed by atoms with Gasteiger partial charge in [0.2, 0.25) is 0 Å². The first-order valence-corrected chi connectivity index (χ1v) is 3.44. The first kappa shape index (κ1) is 8.90. The van der Waals surface area contributed by atoms with Crippen LogP contribution in [-0.4, -0.2) is 28.4 Å². The van der Waals surface area contributed by atoms with Crippen molar-refractivity contribution in [1.82, 2.24) is 4.98 Å². The highest BCUT2D eigenvalue weighted by Crippen LogP contribution is 1.97. The zero-order valence-electron chi connectivity index (χ0n) is 6.56. The van der Waals surface area contributed by atoms with Crippen LogP contribution < -0.4 is 5.59 Å². The predicted octanol–water partition coefficient (Wildman–Crippen LogP) is -1.12. The molecule has 0 saturated carbocycles. The quantitative estimate of drug-likeness (QED) is 0.430. The Kier molecular flexibility index (Phi) is 2.57. The summed E-state index contributed by atoms with van der Waals surface area (Å²) in [4.78, 5) is 14.2. The van der Waals surface area contributed by atoms with Crippen LogP contribution in [0.2, 0.25) is 0 Å². The monoisotopic (exact) mass is 165 g/mol. The summed E-state index contributed by atoms with van der Waals surface area (Å²) in [5.74, 6) is 0. The predicted molar refractivity (Wildman–Crippen MR) is 44.2 cm³/mol. The van der Waals surface area contributed by atoms with Gasteiger partial charge >= 0.3 is 7.12 Å². The minimum atomic E-state index is -1.58. The molecule has 0 fully saturated rings. The van der Waals surface area contributed by atoms with Gasteiger partial charge < -0.3 is 10.0 Å². The Morgan fingerprint density at radius 3 is 2.58 bits per heavy atom.